The summed E-state index contributed by atoms with van der Waals surface area (Å²) in [6, 6.07) is 9.69. The first-order valence-electron chi connectivity index (χ1n) is 7.23. The van der Waals surface area contributed by atoms with Crippen LogP contribution in [0.25, 0.3) is 5.69 Å². The number of benzene rings is 1. The molecule has 1 fully saturated rings. The largest absolute Gasteiger partial charge is 0.346 e. The van der Waals surface area contributed by atoms with Gasteiger partial charge in [0.1, 0.15) is 0 Å². The van der Waals surface area contributed by atoms with Crippen molar-refractivity contribution in [1.82, 2.24) is 25.6 Å². The first-order chi connectivity index (χ1) is 10.2. The summed E-state index contributed by atoms with van der Waals surface area (Å²) < 4.78 is 0. The fraction of sp³-hybridized carbons (Fsp3) is 0.400. The van der Waals surface area contributed by atoms with Crippen LogP contribution in [0.4, 0.5) is 0 Å². The zero-order chi connectivity index (χ0) is 14.7. The Labute approximate surface area is 123 Å². The number of amides is 1. The Morgan fingerprint density at radius 1 is 1.38 bits per heavy atom. The lowest BCUT2D eigenvalue weighted by molar-refractivity contribution is 0.0909. The molecule has 1 amide bonds. The molecule has 0 bridgehead atoms. The van der Waals surface area contributed by atoms with E-state index in [1.54, 1.807) is 0 Å². The van der Waals surface area contributed by atoms with Crippen molar-refractivity contribution in [3.05, 3.63) is 42.2 Å². The van der Waals surface area contributed by atoms with Crippen LogP contribution in [-0.4, -0.2) is 40.0 Å². The second kappa shape index (κ2) is 6.05. The van der Waals surface area contributed by atoms with Crippen LogP contribution in [0.1, 0.15) is 23.8 Å². The fourth-order valence-corrected chi connectivity index (χ4v) is 2.48. The zero-order valence-electron chi connectivity index (χ0n) is 12.0. The third-order valence-electron chi connectivity index (χ3n) is 3.86. The minimum absolute atomic E-state index is 0.146. The van der Waals surface area contributed by atoms with Gasteiger partial charge in [0.05, 0.1) is 11.9 Å². The van der Waals surface area contributed by atoms with Crippen LogP contribution >= 0.6 is 0 Å². The number of piperidine rings is 1. The molecule has 0 spiro atoms. The molecule has 6 nitrogen and oxygen atoms in total. The average molecular weight is 285 g/mol. The van der Waals surface area contributed by atoms with Crippen LogP contribution < -0.4 is 10.6 Å². The van der Waals surface area contributed by atoms with Crippen LogP contribution in [0.5, 0.6) is 0 Å². The molecular weight excluding hydrogens is 266 g/mol. The highest BCUT2D eigenvalue weighted by atomic mass is 16.2. The second-order valence-corrected chi connectivity index (χ2v) is 5.40. The van der Waals surface area contributed by atoms with Gasteiger partial charge < -0.3 is 10.6 Å². The lowest BCUT2D eigenvalue weighted by atomic mass is 9.95. The van der Waals surface area contributed by atoms with Crippen molar-refractivity contribution in [3.63, 3.8) is 0 Å². The number of aromatic nitrogens is 3. The van der Waals surface area contributed by atoms with Crippen LogP contribution in [-0.2, 0) is 0 Å². The highest BCUT2D eigenvalue weighted by Crippen LogP contribution is 2.12. The first kappa shape index (κ1) is 13.8. The highest BCUT2D eigenvalue weighted by Gasteiger charge is 2.24. The molecule has 2 heterocycles. The summed E-state index contributed by atoms with van der Waals surface area (Å²) in [4.78, 5) is 13.7. The van der Waals surface area contributed by atoms with Crippen LogP contribution in [0.3, 0.4) is 0 Å². The van der Waals surface area contributed by atoms with Crippen LogP contribution in [0, 0.1) is 5.92 Å². The minimum Gasteiger partial charge on any atom is -0.346 e. The lowest BCUT2D eigenvalue weighted by Crippen LogP contribution is -2.50. The normalized spacial score (nSPS) is 22.0. The summed E-state index contributed by atoms with van der Waals surface area (Å²) in [5.74, 6) is 0.303. The maximum Gasteiger partial charge on any atom is 0.273 e. The van der Waals surface area contributed by atoms with Crippen molar-refractivity contribution in [2.75, 3.05) is 13.1 Å². The molecule has 3 rings (SSSR count). The quantitative estimate of drug-likeness (QED) is 0.882. The van der Waals surface area contributed by atoms with E-state index in [0.717, 1.165) is 25.2 Å². The Morgan fingerprint density at radius 3 is 2.95 bits per heavy atom. The molecule has 0 aliphatic carbocycles. The molecule has 2 aromatic rings. The van der Waals surface area contributed by atoms with Gasteiger partial charge in [0.15, 0.2) is 5.69 Å². The average Bonchev–Trinajstić information content (AvgIpc) is 3.00. The molecule has 2 N–H and O–H groups in total. The van der Waals surface area contributed by atoms with Gasteiger partial charge in [0.25, 0.3) is 5.91 Å². The fourth-order valence-electron chi connectivity index (χ4n) is 2.48. The van der Waals surface area contributed by atoms with Crippen LogP contribution in [0.15, 0.2) is 36.5 Å². The Balaban J connectivity index is 1.69. The summed E-state index contributed by atoms with van der Waals surface area (Å²) in [5, 5.41) is 14.7. The molecule has 1 aromatic carbocycles. The van der Waals surface area contributed by atoms with Crippen LogP contribution in [0.2, 0.25) is 0 Å². The smallest absolute Gasteiger partial charge is 0.273 e. The number of nitrogens with one attached hydrogen (secondary N) is 2. The van der Waals surface area contributed by atoms with E-state index < -0.39 is 0 Å². The Kier molecular flexibility index (Phi) is 3.96. The Hall–Kier alpha value is -2.21. The van der Waals surface area contributed by atoms with Gasteiger partial charge in [0.2, 0.25) is 0 Å². The molecule has 1 aromatic heterocycles. The molecule has 2 atom stereocenters. The van der Waals surface area contributed by atoms with E-state index in [1.807, 2.05) is 30.3 Å². The first-order valence-corrected chi connectivity index (χ1v) is 7.23. The third kappa shape index (κ3) is 3.11. The van der Waals surface area contributed by atoms with E-state index in [-0.39, 0.29) is 11.9 Å². The molecule has 2 unspecified atom stereocenters. The SMILES string of the molecule is CC1CCNCC1NC(=O)c1cnn(-c2ccccc2)n1. The summed E-state index contributed by atoms with van der Waals surface area (Å²) in [5.41, 5.74) is 1.18. The minimum atomic E-state index is -0.169. The van der Waals surface area contributed by atoms with Crippen molar-refractivity contribution in [2.45, 2.75) is 19.4 Å². The summed E-state index contributed by atoms with van der Waals surface area (Å²) in [6.45, 7) is 3.98. The van der Waals surface area contributed by atoms with Gasteiger partial charge in [-0.25, -0.2) is 0 Å². The van der Waals surface area contributed by atoms with Crippen molar-refractivity contribution in [3.8, 4) is 5.69 Å². The van der Waals surface area contributed by atoms with Gasteiger partial charge in [-0.1, -0.05) is 25.1 Å². The standard InChI is InChI=1S/C15H19N5O/c1-11-7-8-16-9-13(11)18-15(21)14-10-17-20(19-14)12-5-3-2-4-6-12/h2-6,10-11,13,16H,7-9H2,1H3,(H,18,21). The second-order valence-electron chi connectivity index (χ2n) is 5.40. The van der Waals surface area contributed by atoms with Gasteiger partial charge >= 0.3 is 0 Å². The summed E-state index contributed by atoms with van der Waals surface area (Å²) in [6.07, 6.45) is 2.57. The van der Waals surface area contributed by atoms with E-state index in [0.29, 0.717) is 11.6 Å². The van der Waals surface area contributed by atoms with Crippen molar-refractivity contribution < 1.29 is 4.79 Å². The predicted octanol–water partition coefficient (Wildman–Crippen LogP) is 0.995. The number of nitrogens with zero attached hydrogens (tertiary/aromatic N) is 3. The van der Waals surface area contributed by atoms with Gasteiger partial charge in [-0.2, -0.15) is 9.90 Å². The number of rotatable bonds is 3. The van der Waals surface area contributed by atoms with E-state index >= 15 is 0 Å². The van der Waals surface area contributed by atoms with Crippen molar-refractivity contribution >= 4 is 5.91 Å². The Bertz CT molecular complexity index is 610. The molecule has 6 heteroatoms. The number of para-hydroxylation sites is 1. The molecule has 1 aliphatic heterocycles. The maximum atomic E-state index is 12.2. The number of carbonyl (C=O) groups is 1. The van der Waals surface area contributed by atoms with Gasteiger partial charge in [0, 0.05) is 12.6 Å². The van der Waals surface area contributed by atoms with E-state index in [1.165, 1.54) is 11.0 Å². The molecule has 110 valence electrons. The highest BCUT2D eigenvalue weighted by molar-refractivity contribution is 5.92. The summed E-state index contributed by atoms with van der Waals surface area (Å²) in [7, 11) is 0. The van der Waals surface area contributed by atoms with E-state index in [4.69, 9.17) is 0 Å². The number of hydrogen-bond donors (Lipinski definition) is 2. The van der Waals surface area contributed by atoms with Gasteiger partial charge in [-0.15, -0.1) is 5.10 Å². The van der Waals surface area contributed by atoms with Crippen molar-refractivity contribution in [2.24, 2.45) is 5.92 Å². The topological polar surface area (TPSA) is 71.8 Å². The van der Waals surface area contributed by atoms with Gasteiger partial charge in [-0.3, -0.25) is 4.79 Å². The Morgan fingerprint density at radius 2 is 2.19 bits per heavy atom. The molecule has 21 heavy (non-hydrogen) atoms. The zero-order valence-corrected chi connectivity index (χ0v) is 12.0. The molecule has 0 radical (unpaired) electrons. The van der Waals surface area contributed by atoms with Crippen molar-refractivity contribution in [1.29, 1.82) is 0 Å². The lowest BCUT2D eigenvalue weighted by Gasteiger charge is -2.29. The maximum absolute atomic E-state index is 12.2. The van der Waals surface area contributed by atoms with Gasteiger partial charge in [-0.05, 0) is 31.0 Å². The third-order valence-corrected chi connectivity index (χ3v) is 3.86. The number of hydrogen-bond acceptors (Lipinski definition) is 4. The summed E-state index contributed by atoms with van der Waals surface area (Å²) >= 11 is 0. The molecular formula is C15H19N5O. The molecule has 1 saturated heterocycles. The monoisotopic (exact) mass is 285 g/mol. The van der Waals surface area contributed by atoms with E-state index in [2.05, 4.69) is 27.8 Å². The predicted molar refractivity (Wildman–Crippen MR) is 79.3 cm³/mol. The molecule has 1 aliphatic rings. The number of carbonyl (C=O) groups excluding carboxylic acids is 1. The van der Waals surface area contributed by atoms with E-state index in [9.17, 15) is 4.79 Å². The molecule has 0 saturated carbocycles.